The predicted octanol–water partition coefficient (Wildman–Crippen LogP) is 7.32. The number of carbonyl (C=O) groups excluding carboxylic acids is 1. The van der Waals surface area contributed by atoms with Gasteiger partial charge in [-0.2, -0.15) is 5.10 Å². The van der Waals surface area contributed by atoms with E-state index in [0.29, 0.717) is 0 Å². The van der Waals surface area contributed by atoms with Crippen molar-refractivity contribution in [3.8, 4) is 0 Å². The topological polar surface area (TPSA) is 67.5 Å². The molecule has 2 amide bonds. The minimum absolute atomic E-state index is 0.616. The lowest BCUT2D eigenvalue weighted by Crippen LogP contribution is -2.26. The van der Waals surface area contributed by atoms with Crippen LogP contribution >= 0.6 is 0 Å². The van der Waals surface area contributed by atoms with E-state index in [4.69, 9.17) is 5.73 Å². The van der Waals surface area contributed by atoms with Crippen molar-refractivity contribution in [1.29, 1.82) is 0 Å². The summed E-state index contributed by atoms with van der Waals surface area (Å²) in [6.07, 6.45) is 21.2. The zero-order valence-corrected chi connectivity index (χ0v) is 18.6. The second-order valence-corrected chi connectivity index (χ2v) is 8.10. The van der Waals surface area contributed by atoms with Crippen molar-refractivity contribution < 1.29 is 4.79 Å². The van der Waals surface area contributed by atoms with Crippen molar-refractivity contribution in [3.63, 3.8) is 0 Å². The zero-order chi connectivity index (χ0) is 21.0. The van der Waals surface area contributed by atoms with Gasteiger partial charge in [0.15, 0.2) is 0 Å². The molecule has 1 aromatic rings. The van der Waals surface area contributed by atoms with Crippen molar-refractivity contribution in [2.45, 2.75) is 110 Å². The number of benzene rings is 1. The van der Waals surface area contributed by atoms with Crippen LogP contribution in [0, 0.1) is 0 Å². The average molecular weight is 402 g/mol. The first kappa shape index (κ1) is 25.2. The molecule has 1 rings (SSSR count). The van der Waals surface area contributed by atoms with Crippen LogP contribution in [0.25, 0.3) is 0 Å². The van der Waals surface area contributed by atoms with Gasteiger partial charge in [0.2, 0.25) is 0 Å². The van der Waals surface area contributed by atoms with Crippen LogP contribution in [0.5, 0.6) is 0 Å². The number of urea groups is 1. The molecule has 4 nitrogen and oxygen atoms in total. The van der Waals surface area contributed by atoms with E-state index in [1.165, 1.54) is 89.9 Å². The summed E-state index contributed by atoms with van der Waals surface area (Å²) in [7, 11) is 0. The zero-order valence-electron chi connectivity index (χ0n) is 18.6. The Kier molecular flexibility index (Phi) is 15.8. The largest absolute Gasteiger partial charge is 0.350 e. The normalized spacial score (nSPS) is 11.6. The summed E-state index contributed by atoms with van der Waals surface area (Å²) >= 11 is 0. The number of carbonyl (C=O) groups is 1. The van der Waals surface area contributed by atoms with Crippen molar-refractivity contribution in [3.05, 3.63) is 35.9 Å². The van der Waals surface area contributed by atoms with E-state index < -0.39 is 6.03 Å². The van der Waals surface area contributed by atoms with Gasteiger partial charge in [-0.25, -0.2) is 10.2 Å². The van der Waals surface area contributed by atoms with Gasteiger partial charge in [-0.15, -0.1) is 0 Å². The Morgan fingerprint density at radius 1 is 0.759 bits per heavy atom. The average Bonchev–Trinajstić information content (AvgIpc) is 2.73. The fourth-order valence-corrected chi connectivity index (χ4v) is 3.68. The molecule has 0 saturated carbocycles. The Morgan fingerprint density at radius 2 is 1.21 bits per heavy atom. The van der Waals surface area contributed by atoms with Crippen molar-refractivity contribution in [2.24, 2.45) is 10.8 Å². The molecule has 0 aliphatic carbocycles. The van der Waals surface area contributed by atoms with Gasteiger partial charge >= 0.3 is 6.03 Å². The molecule has 1 aromatic carbocycles. The molecule has 0 aliphatic heterocycles. The summed E-state index contributed by atoms with van der Waals surface area (Å²) in [5, 5.41) is 4.19. The molecule has 0 spiro atoms. The lowest BCUT2D eigenvalue weighted by Gasteiger charge is -2.07. The maximum absolute atomic E-state index is 11.0. The van der Waals surface area contributed by atoms with Crippen LogP contribution in [0.1, 0.15) is 115 Å². The highest BCUT2D eigenvalue weighted by Gasteiger charge is 2.04. The Morgan fingerprint density at radius 3 is 1.66 bits per heavy atom. The molecule has 0 atom stereocenters. The number of primary amides is 1. The third kappa shape index (κ3) is 14.8. The van der Waals surface area contributed by atoms with Crippen LogP contribution < -0.4 is 11.2 Å². The quantitative estimate of drug-likeness (QED) is 0.151. The van der Waals surface area contributed by atoms with Crippen LogP contribution in [-0.2, 0) is 0 Å². The molecule has 0 saturated heterocycles. The molecule has 164 valence electrons. The number of amides is 2. The van der Waals surface area contributed by atoms with E-state index in [-0.39, 0.29) is 0 Å². The number of hydrogen-bond acceptors (Lipinski definition) is 2. The Bertz CT molecular complexity index is 542. The summed E-state index contributed by atoms with van der Waals surface area (Å²) in [4.78, 5) is 11.0. The maximum atomic E-state index is 11.0. The molecule has 0 unspecified atom stereocenters. The molecule has 29 heavy (non-hydrogen) atoms. The molecule has 4 heteroatoms. The van der Waals surface area contributed by atoms with Gasteiger partial charge in [0.25, 0.3) is 0 Å². The highest BCUT2D eigenvalue weighted by atomic mass is 16.2. The first-order chi connectivity index (χ1) is 14.2. The number of nitrogens with one attached hydrogen (secondary N) is 1. The van der Waals surface area contributed by atoms with Crippen LogP contribution in [0.4, 0.5) is 4.79 Å². The van der Waals surface area contributed by atoms with Gasteiger partial charge in [0.05, 0.1) is 5.71 Å². The number of nitrogens with zero attached hydrogens (tertiary/aromatic N) is 1. The Hall–Kier alpha value is -1.84. The fourth-order valence-electron chi connectivity index (χ4n) is 3.68. The summed E-state index contributed by atoms with van der Waals surface area (Å²) in [5.74, 6) is 0. The van der Waals surface area contributed by atoms with E-state index in [1.54, 1.807) is 0 Å². The van der Waals surface area contributed by atoms with Crippen molar-refractivity contribution >= 4 is 11.7 Å². The van der Waals surface area contributed by atoms with E-state index in [2.05, 4.69) is 17.5 Å². The maximum Gasteiger partial charge on any atom is 0.332 e. The first-order valence-corrected chi connectivity index (χ1v) is 11.9. The molecule has 0 bridgehead atoms. The van der Waals surface area contributed by atoms with E-state index in [0.717, 1.165) is 24.1 Å². The second kappa shape index (κ2) is 18.2. The lowest BCUT2D eigenvalue weighted by atomic mass is 10.0. The SMILES string of the molecule is CCCCCCCCCCCCCCCCCC(=NNC(N)=O)c1ccccc1. The monoisotopic (exact) mass is 401 g/mol. The van der Waals surface area contributed by atoms with E-state index >= 15 is 0 Å². The van der Waals surface area contributed by atoms with Crippen LogP contribution in [-0.4, -0.2) is 11.7 Å². The highest BCUT2D eigenvalue weighted by Crippen LogP contribution is 2.14. The minimum atomic E-state index is -0.616. The number of hydrazone groups is 1. The number of unbranched alkanes of at least 4 members (excludes halogenated alkanes) is 14. The number of hydrogen-bond donors (Lipinski definition) is 2. The minimum Gasteiger partial charge on any atom is -0.350 e. The van der Waals surface area contributed by atoms with Gasteiger partial charge in [-0.3, -0.25) is 0 Å². The molecular formula is C25H43N3O. The smallest absolute Gasteiger partial charge is 0.332 e. The van der Waals surface area contributed by atoms with Crippen molar-refractivity contribution in [2.75, 3.05) is 0 Å². The number of rotatable bonds is 18. The molecule has 3 N–H and O–H groups in total. The molecule has 0 radical (unpaired) electrons. The predicted molar refractivity (Wildman–Crippen MR) is 125 cm³/mol. The van der Waals surface area contributed by atoms with Gasteiger partial charge in [0, 0.05) is 0 Å². The summed E-state index contributed by atoms with van der Waals surface area (Å²) in [6.45, 7) is 2.28. The third-order valence-electron chi connectivity index (χ3n) is 5.43. The molecule has 0 aliphatic rings. The van der Waals surface area contributed by atoms with Crippen LogP contribution in [0.15, 0.2) is 35.4 Å². The fraction of sp³-hybridized carbons (Fsp3) is 0.680. The van der Waals surface area contributed by atoms with Crippen LogP contribution in [0.3, 0.4) is 0 Å². The molecule has 0 fully saturated rings. The highest BCUT2D eigenvalue weighted by molar-refractivity contribution is 6.00. The van der Waals surface area contributed by atoms with Gasteiger partial charge < -0.3 is 5.73 Å². The summed E-state index contributed by atoms with van der Waals surface area (Å²) < 4.78 is 0. The first-order valence-electron chi connectivity index (χ1n) is 11.9. The van der Waals surface area contributed by atoms with Gasteiger partial charge in [0.1, 0.15) is 0 Å². The summed E-state index contributed by atoms with van der Waals surface area (Å²) in [5.41, 5.74) is 9.47. The van der Waals surface area contributed by atoms with Crippen molar-refractivity contribution in [1.82, 2.24) is 5.43 Å². The molecule has 0 aromatic heterocycles. The third-order valence-corrected chi connectivity index (χ3v) is 5.43. The lowest BCUT2D eigenvalue weighted by molar-refractivity contribution is 0.249. The van der Waals surface area contributed by atoms with Gasteiger partial charge in [-0.05, 0) is 18.4 Å². The molecule has 0 heterocycles. The number of nitrogens with two attached hydrogens (primary N) is 1. The standard InChI is InChI=1S/C25H43N3O/c1-2-3-4-5-6-7-8-9-10-11-12-13-14-15-19-22-24(27-28-25(26)29)23-20-17-16-18-21-23/h16-18,20-21H,2-15,19,22H2,1H3,(H3,26,28,29). The second-order valence-electron chi connectivity index (χ2n) is 8.10. The summed E-state index contributed by atoms with van der Waals surface area (Å²) in [6, 6.07) is 9.38. The Balaban J connectivity index is 2.01. The van der Waals surface area contributed by atoms with E-state index in [1.807, 2.05) is 30.3 Å². The molecular weight excluding hydrogens is 358 g/mol. The van der Waals surface area contributed by atoms with E-state index in [9.17, 15) is 4.79 Å². The Labute approximate surface area is 178 Å². The van der Waals surface area contributed by atoms with Crippen LogP contribution in [0.2, 0.25) is 0 Å². The van der Waals surface area contributed by atoms with Gasteiger partial charge in [-0.1, -0.05) is 127 Å².